The molecule has 1 aromatic carbocycles. The molecule has 0 heterocycles. The molecule has 0 amide bonds. The van der Waals surface area contributed by atoms with E-state index in [9.17, 15) is 13.6 Å². The molecule has 0 aliphatic rings. The predicted molar refractivity (Wildman–Crippen MR) is 53.8 cm³/mol. The zero-order valence-corrected chi connectivity index (χ0v) is 8.74. The van der Waals surface area contributed by atoms with Gasteiger partial charge in [0.25, 0.3) is 5.92 Å². The molecule has 0 unspecified atom stereocenters. The standard InChI is InChI=1S/C11H12F2O3/c1-16-9-4-2-3-8(7-9)11(12,13)6-5-10(14)15/h2-4,7H,5-6H2,1H3,(H,14,15). The van der Waals surface area contributed by atoms with Crippen LogP contribution in [0, 0.1) is 0 Å². The zero-order valence-electron chi connectivity index (χ0n) is 8.74. The Kier molecular flexibility index (Phi) is 3.82. The second-order valence-corrected chi connectivity index (χ2v) is 3.33. The number of alkyl halides is 2. The molecule has 0 radical (unpaired) electrons. The summed E-state index contributed by atoms with van der Waals surface area (Å²) >= 11 is 0. The number of methoxy groups -OCH3 is 1. The van der Waals surface area contributed by atoms with Crippen molar-refractivity contribution in [2.45, 2.75) is 18.8 Å². The van der Waals surface area contributed by atoms with E-state index in [1.807, 2.05) is 0 Å². The average Bonchev–Trinajstić information content (AvgIpc) is 2.27. The van der Waals surface area contributed by atoms with Gasteiger partial charge in [-0.05, 0) is 12.1 Å². The number of aliphatic carboxylic acids is 1. The van der Waals surface area contributed by atoms with Crippen molar-refractivity contribution in [3.05, 3.63) is 29.8 Å². The van der Waals surface area contributed by atoms with Crippen LogP contribution < -0.4 is 4.74 Å². The third kappa shape index (κ3) is 3.18. The van der Waals surface area contributed by atoms with Gasteiger partial charge < -0.3 is 9.84 Å². The molecule has 0 fully saturated rings. The van der Waals surface area contributed by atoms with Gasteiger partial charge in [0.2, 0.25) is 0 Å². The maximum Gasteiger partial charge on any atom is 0.303 e. The number of carboxylic acid groups (broad SMARTS) is 1. The van der Waals surface area contributed by atoms with Crippen LogP contribution in [0.25, 0.3) is 0 Å². The van der Waals surface area contributed by atoms with Gasteiger partial charge in [-0.25, -0.2) is 8.78 Å². The molecule has 0 spiro atoms. The van der Waals surface area contributed by atoms with E-state index in [1.165, 1.54) is 25.3 Å². The molecule has 0 saturated heterocycles. The van der Waals surface area contributed by atoms with Crippen LogP contribution >= 0.6 is 0 Å². The Bertz CT molecular complexity index is 377. The molecule has 0 saturated carbocycles. The SMILES string of the molecule is COc1cccc(C(F)(F)CCC(=O)O)c1. The van der Waals surface area contributed by atoms with Crippen molar-refractivity contribution >= 4 is 5.97 Å². The Labute approximate surface area is 91.7 Å². The largest absolute Gasteiger partial charge is 0.497 e. The zero-order chi connectivity index (χ0) is 12.2. The maximum atomic E-state index is 13.5. The number of carbonyl (C=O) groups is 1. The van der Waals surface area contributed by atoms with E-state index in [-0.39, 0.29) is 5.56 Å². The van der Waals surface area contributed by atoms with Crippen LogP contribution in [0.5, 0.6) is 5.75 Å². The molecule has 16 heavy (non-hydrogen) atoms. The number of hydrogen-bond donors (Lipinski definition) is 1. The summed E-state index contributed by atoms with van der Waals surface area (Å²) in [6.07, 6.45) is -1.28. The van der Waals surface area contributed by atoms with Crippen molar-refractivity contribution in [3.63, 3.8) is 0 Å². The lowest BCUT2D eigenvalue weighted by atomic mass is 10.0. The normalized spacial score (nSPS) is 11.2. The number of hydrogen-bond acceptors (Lipinski definition) is 2. The highest BCUT2D eigenvalue weighted by atomic mass is 19.3. The lowest BCUT2D eigenvalue weighted by Crippen LogP contribution is -2.15. The summed E-state index contributed by atoms with van der Waals surface area (Å²) in [4.78, 5) is 10.2. The molecule has 0 aromatic heterocycles. The number of halogens is 2. The van der Waals surface area contributed by atoms with Crippen molar-refractivity contribution in [1.29, 1.82) is 0 Å². The summed E-state index contributed by atoms with van der Waals surface area (Å²) < 4.78 is 31.9. The van der Waals surface area contributed by atoms with Crippen LogP contribution in [0.4, 0.5) is 8.78 Å². The van der Waals surface area contributed by atoms with E-state index >= 15 is 0 Å². The molecule has 0 bridgehead atoms. The topological polar surface area (TPSA) is 46.5 Å². The van der Waals surface area contributed by atoms with E-state index in [0.717, 1.165) is 0 Å². The molecule has 88 valence electrons. The minimum Gasteiger partial charge on any atom is -0.497 e. The molecule has 0 aliphatic carbocycles. The number of carboxylic acids is 1. The van der Waals surface area contributed by atoms with Crippen molar-refractivity contribution in [1.82, 2.24) is 0 Å². The van der Waals surface area contributed by atoms with E-state index in [1.54, 1.807) is 6.07 Å². The highest BCUT2D eigenvalue weighted by Crippen LogP contribution is 2.34. The van der Waals surface area contributed by atoms with Gasteiger partial charge in [0.15, 0.2) is 0 Å². The maximum absolute atomic E-state index is 13.5. The fraction of sp³-hybridized carbons (Fsp3) is 0.364. The number of rotatable bonds is 5. The van der Waals surface area contributed by atoms with E-state index in [4.69, 9.17) is 9.84 Å². The first-order valence-electron chi connectivity index (χ1n) is 4.70. The lowest BCUT2D eigenvalue weighted by molar-refractivity contribution is -0.139. The fourth-order valence-corrected chi connectivity index (χ4v) is 1.26. The predicted octanol–water partition coefficient (Wildman–Crippen LogP) is 2.65. The van der Waals surface area contributed by atoms with Crippen LogP contribution in [0.15, 0.2) is 24.3 Å². The molecule has 1 rings (SSSR count). The van der Waals surface area contributed by atoms with E-state index in [2.05, 4.69) is 0 Å². The summed E-state index contributed by atoms with van der Waals surface area (Å²) in [6.45, 7) is 0. The van der Waals surface area contributed by atoms with Crippen LogP contribution in [-0.2, 0) is 10.7 Å². The summed E-state index contributed by atoms with van der Waals surface area (Å²) in [5.74, 6) is -4.05. The van der Waals surface area contributed by atoms with Gasteiger partial charge >= 0.3 is 5.97 Å². The molecule has 5 heteroatoms. The van der Waals surface area contributed by atoms with Crippen molar-refractivity contribution in [2.24, 2.45) is 0 Å². The second-order valence-electron chi connectivity index (χ2n) is 3.33. The molecule has 1 N–H and O–H groups in total. The summed E-state index contributed by atoms with van der Waals surface area (Å²) in [5, 5.41) is 8.37. The molecular formula is C11H12F2O3. The summed E-state index contributed by atoms with van der Waals surface area (Å²) in [5.41, 5.74) is -0.229. The van der Waals surface area contributed by atoms with Gasteiger partial charge in [0.1, 0.15) is 5.75 Å². The lowest BCUT2D eigenvalue weighted by Gasteiger charge is -2.16. The van der Waals surface area contributed by atoms with Crippen LogP contribution in [-0.4, -0.2) is 18.2 Å². The van der Waals surface area contributed by atoms with Gasteiger partial charge in [-0.3, -0.25) is 4.79 Å². The molecule has 1 aromatic rings. The molecule has 0 aliphatic heterocycles. The smallest absolute Gasteiger partial charge is 0.303 e. The Hall–Kier alpha value is -1.65. The Balaban J connectivity index is 2.83. The highest BCUT2D eigenvalue weighted by molar-refractivity contribution is 5.66. The summed E-state index contributed by atoms with van der Waals surface area (Å²) in [6, 6.07) is 5.46. The van der Waals surface area contributed by atoms with Crippen molar-refractivity contribution < 1.29 is 23.4 Å². The first kappa shape index (κ1) is 12.4. The van der Waals surface area contributed by atoms with Crippen LogP contribution in [0.2, 0.25) is 0 Å². The molecular weight excluding hydrogens is 218 g/mol. The minimum atomic E-state index is -3.15. The van der Waals surface area contributed by atoms with Crippen LogP contribution in [0.1, 0.15) is 18.4 Å². The quantitative estimate of drug-likeness (QED) is 0.845. The Morgan fingerprint density at radius 3 is 2.75 bits per heavy atom. The third-order valence-corrected chi connectivity index (χ3v) is 2.14. The average molecular weight is 230 g/mol. The second kappa shape index (κ2) is 4.92. The summed E-state index contributed by atoms with van der Waals surface area (Å²) in [7, 11) is 1.38. The Morgan fingerprint density at radius 2 is 2.19 bits per heavy atom. The highest BCUT2D eigenvalue weighted by Gasteiger charge is 2.32. The molecule has 0 atom stereocenters. The first-order chi connectivity index (χ1) is 7.45. The van der Waals surface area contributed by atoms with Gasteiger partial charge in [-0.2, -0.15) is 0 Å². The van der Waals surface area contributed by atoms with Crippen LogP contribution in [0.3, 0.4) is 0 Å². The molecule has 3 nitrogen and oxygen atoms in total. The van der Waals surface area contributed by atoms with Gasteiger partial charge in [0.05, 0.1) is 13.5 Å². The van der Waals surface area contributed by atoms with Gasteiger partial charge in [0, 0.05) is 12.0 Å². The van der Waals surface area contributed by atoms with Gasteiger partial charge in [-0.1, -0.05) is 12.1 Å². The first-order valence-corrected chi connectivity index (χ1v) is 4.70. The monoisotopic (exact) mass is 230 g/mol. The fourth-order valence-electron chi connectivity index (χ4n) is 1.26. The Morgan fingerprint density at radius 1 is 1.50 bits per heavy atom. The third-order valence-electron chi connectivity index (χ3n) is 2.14. The number of ether oxygens (including phenoxy) is 1. The van der Waals surface area contributed by atoms with Gasteiger partial charge in [-0.15, -0.1) is 0 Å². The van der Waals surface area contributed by atoms with E-state index in [0.29, 0.717) is 5.75 Å². The minimum absolute atomic E-state index is 0.229. The van der Waals surface area contributed by atoms with Crippen molar-refractivity contribution in [3.8, 4) is 5.75 Å². The van der Waals surface area contributed by atoms with Crippen molar-refractivity contribution in [2.75, 3.05) is 7.11 Å². The van der Waals surface area contributed by atoms with E-state index < -0.39 is 24.7 Å². The number of benzene rings is 1.